The number of hydrogen-bond donors (Lipinski definition) is 1. The van der Waals surface area contributed by atoms with Crippen molar-refractivity contribution in [3.8, 4) is 0 Å². The van der Waals surface area contributed by atoms with Crippen LogP contribution in [0.15, 0.2) is 48.5 Å². The molecule has 0 radical (unpaired) electrons. The second-order valence-electron chi connectivity index (χ2n) is 5.97. The van der Waals surface area contributed by atoms with Crippen LogP contribution >= 0.6 is 0 Å². The second-order valence-corrected chi connectivity index (χ2v) is 7.45. The van der Waals surface area contributed by atoms with E-state index in [9.17, 15) is 9.00 Å². The lowest BCUT2D eigenvalue weighted by molar-refractivity contribution is 0.0939. The highest BCUT2D eigenvalue weighted by Crippen LogP contribution is 2.26. The van der Waals surface area contributed by atoms with E-state index in [0.717, 1.165) is 30.4 Å². The lowest BCUT2D eigenvalue weighted by Gasteiger charge is -2.19. The maximum atomic E-state index is 12.8. The number of nitrogens with one attached hydrogen (secondary N) is 1. The van der Waals surface area contributed by atoms with Gasteiger partial charge in [-0.2, -0.15) is 0 Å². The third-order valence-corrected chi connectivity index (χ3v) is 5.10. The Hall–Kier alpha value is -1.94. The van der Waals surface area contributed by atoms with E-state index in [2.05, 4.69) is 11.4 Å². The Morgan fingerprint density at radius 3 is 2.65 bits per heavy atom. The van der Waals surface area contributed by atoms with Crippen molar-refractivity contribution in [2.45, 2.75) is 25.3 Å². The van der Waals surface area contributed by atoms with Gasteiger partial charge < -0.3 is 5.32 Å². The van der Waals surface area contributed by atoms with Crippen LogP contribution in [0.5, 0.6) is 0 Å². The van der Waals surface area contributed by atoms with Crippen LogP contribution in [0.2, 0.25) is 0 Å². The number of carbonyl (C=O) groups is 1. The number of benzene rings is 2. The zero-order valence-corrected chi connectivity index (χ0v) is 14.1. The molecule has 120 valence electrons. The Balaban J connectivity index is 1.84. The van der Waals surface area contributed by atoms with E-state index in [1.54, 1.807) is 6.26 Å². The van der Waals surface area contributed by atoms with Crippen molar-refractivity contribution < 1.29 is 9.00 Å². The Labute approximate surface area is 139 Å². The first-order valence-electron chi connectivity index (χ1n) is 7.92. The van der Waals surface area contributed by atoms with Crippen LogP contribution < -0.4 is 5.32 Å². The summed E-state index contributed by atoms with van der Waals surface area (Å²) in [5, 5.41) is 3.08. The lowest BCUT2D eigenvalue weighted by atomic mass is 10.0. The Bertz CT molecular complexity index is 727. The molecule has 0 fully saturated rings. The standard InChI is InChI=1S/C19H21NO2S/c1-23(22)13-18(15-7-3-2-4-8-15)20-19(21)17-12-6-10-14-9-5-11-16(14)17/h2-4,6-8,10,12,18H,5,9,11,13H2,1H3,(H,20,21)/t18-,23+/m0/s1. The summed E-state index contributed by atoms with van der Waals surface area (Å²) in [6, 6.07) is 15.5. The van der Waals surface area contributed by atoms with Gasteiger partial charge in [-0.05, 0) is 42.0 Å². The zero-order valence-electron chi connectivity index (χ0n) is 13.2. The number of carbonyl (C=O) groups excluding carboxylic acids is 1. The van der Waals surface area contributed by atoms with E-state index in [4.69, 9.17) is 0 Å². The van der Waals surface area contributed by atoms with Gasteiger partial charge >= 0.3 is 0 Å². The fourth-order valence-corrected chi connectivity index (χ4v) is 3.95. The minimum Gasteiger partial charge on any atom is -0.344 e. The Morgan fingerprint density at radius 1 is 1.13 bits per heavy atom. The molecule has 1 N–H and O–H groups in total. The molecular formula is C19H21NO2S. The van der Waals surface area contributed by atoms with Gasteiger partial charge in [-0.1, -0.05) is 42.5 Å². The molecule has 4 heteroatoms. The number of hydrogen-bond acceptors (Lipinski definition) is 2. The molecular weight excluding hydrogens is 306 g/mol. The summed E-state index contributed by atoms with van der Waals surface area (Å²) in [6.07, 6.45) is 4.80. The molecule has 3 rings (SSSR count). The summed E-state index contributed by atoms with van der Waals surface area (Å²) in [4.78, 5) is 12.8. The number of aryl methyl sites for hydroxylation is 1. The van der Waals surface area contributed by atoms with Crippen LogP contribution in [-0.4, -0.2) is 22.1 Å². The molecule has 1 aliphatic carbocycles. The van der Waals surface area contributed by atoms with Crippen LogP contribution in [-0.2, 0) is 23.6 Å². The van der Waals surface area contributed by atoms with Gasteiger partial charge in [-0.15, -0.1) is 0 Å². The zero-order chi connectivity index (χ0) is 16.2. The predicted octanol–water partition coefficient (Wildman–Crippen LogP) is 3.02. The van der Waals surface area contributed by atoms with E-state index in [1.807, 2.05) is 42.5 Å². The van der Waals surface area contributed by atoms with Crippen LogP contribution in [0, 0.1) is 0 Å². The molecule has 0 saturated heterocycles. The summed E-state index contributed by atoms with van der Waals surface area (Å²) in [5.74, 6) is 0.355. The van der Waals surface area contributed by atoms with Crippen LogP contribution in [0.4, 0.5) is 0 Å². The summed E-state index contributed by atoms with van der Waals surface area (Å²) >= 11 is 0. The third-order valence-electron chi connectivity index (χ3n) is 4.30. The minimum absolute atomic E-state index is 0.0666. The van der Waals surface area contributed by atoms with Crippen LogP contribution in [0.3, 0.4) is 0 Å². The molecule has 1 aliphatic rings. The second kappa shape index (κ2) is 7.09. The van der Waals surface area contributed by atoms with E-state index >= 15 is 0 Å². The van der Waals surface area contributed by atoms with Crippen molar-refractivity contribution in [2.24, 2.45) is 0 Å². The van der Waals surface area contributed by atoms with E-state index in [0.29, 0.717) is 5.75 Å². The molecule has 0 spiro atoms. The number of amides is 1. The van der Waals surface area contributed by atoms with E-state index in [-0.39, 0.29) is 11.9 Å². The lowest BCUT2D eigenvalue weighted by Crippen LogP contribution is -2.32. The van der Waals surface area contributed by atoms with Gasteiger partial charge in [0.05, 0.1) is 6.04 Å². The first kappa shape index (κ1) is 15.9. The van der Waals surface area contributed by atoms with Gasteiger partial charge in [0.25, 0.3) is 5.91 Å². The quantitative estimate of drug-likeness (QED) is 0.917. The minimum atomic E-state index is -0.983. The molecule has 1 amide bonds. The van der Waals surface area contributed by atoms with Crippen molar-refractivity contribution in [3.63, 3.8) is 0 Å². The van der Waals surface area contributed by atoms with Crippen LogP contribution in [0.25, 0.3) is 0 Å². The SMILES string of the molecule is C[S@@](=O)C[C@H](NC(=O)c1cccc2c1CCC2)c1ccccc1. The van der Waals surface area contributed by atoms with Gasteiger partial charge in [0.2, 0.25) is 0 Å². The van der Waals surface area contributed by atoms with Gasteiger partial charge in [0.15, 0.2) is 0 Å². The summed E-state index contributed by atoms with van der Waals surface area (Å²) < 4.78 is 11.7. The third kappa shape index (κ3) is 3.70. The van der Waals surface area contributed by atoms with E-state index < -0.39 is 10.8 Å². The van der Waals surface area contributed by atoms with Gasteiger partial charge in [-0.25, -0.2) is 0 Å². The normalized spacial score (nSPS) is 15.7. The maximum Gasteiger partial charge on any atom is 0.252 e. The highest BCUT2D eigenvalue weighted by Gasteiger charge is 2.22. The smallest absolute Gasteiger partial charge is 0.252 e. The molecule has 2 aromatic carbocycles. The summed E-state index contributed by atoms with van der Waals surface area (Å²) in [6.45, 7) is 0. The molecule has 2 aromatic rings. The maximum absolute atomic E-state index is 12.8. The molecule has 0 heterocycles. The highest BCUT2D eigenvalue weighted by atomic mass is 32.2. The molecule has 0 unspecified atom stereocenters. The summed E-state index contributed by atoms with van der Waals surface area (Å²) in [7, 11) is -0.983. The van der Waals surface area contributed by atoms with Crippen molar-refractivity contribution in [1.29, 1.82) is 0 Å². The first-order chi connectivity index (χ1) is 11.1. The fraction of sp³-hybridized carbons (Fsp3) is 0.316. The molecule has 3 nitrogen and oxygen atoms in total. The topological polar surface area (TPSA) is 46.2 Å². The number of fused-ring (bicyclic) bond motifs is 1. The first-order valence-corrected chi connectivity index (χ1v) is 9.64. The molecule has 0 aromatic heterocycles. The molecule has 0 aliphatic heterocycles. The van der Waals surface area contributed by atoms with E-state index in [1.165, 1.54) is 11.1 Å². The van der Waals surface area contributed by atoms with Crippen molar-refractivity contribution in [1.82, 2.24) is 5.32 Å². The van der Waals surface area contributed by atoms with Crippen LogP contribution in [0.1, 0.15) is 39.5 Å². The largest absolute Gasteiger partial charge is 0.344 e. The van der Waals surface area contributed by atoms with Crippen molar-refractivity contribution in [3.05, 3.63) is 70.8 Å². The predicted molar refractivity (Wildman–Crippen MR) is 94.0 cm³/mol. The monoisotopic (exact) mass is 327 g/mol. The molecule has 23 heavy (non-hydrogen) atoms. The fourth-order valence-electron chi connectivity index (χ4n) is 3.21. The highest BCUT2D eigenvalue weighted by molar-refractivity contribution is 7.84. The average molecular weight is 327 g/mol. The average Bonchev–Trinajstić information content (AvgIpc) is 3.03. The number of rotatable bonds is 5. The Morgan fingerprint density at radius 2 is 1.91 bits per heavy atom. The van der Waals surface area contributed by atoms with Crippen molar-refractivity contribution in [2.75, 3.05) is 12.0 Å². The van der Waals surface area contributed by atoms with Gasteiger partial charge in [-0.3, -0.25) is 9.00 Å². The Kier molecular flexibility index (Phi) is 4.91. The molecule has 0 bridgehead atoms. The van der Waals surface area contributed by atoms with Gasteiger partial charge in [0.1, 0.15) is 0 Å². The van der Waals surface area contributed by atoms with Crippen molar-refractivity contribution >= 4 is 16.7 Å². The van der Waals surface area contributed by atoms with Gasteiger partial charge in [0, 0.05) is 28.4 Å². The molecule has 2 atom stereocenters. The summed E-state index contributed by atoms with van der Waals surface area (Å²) in [5.41, 5.74) is 4.22. The molecule has 0 saturated carbocycles.